The zero-order valence-electron chi connectivity index (χ0n) is 17.6. The maximum atomic E-state index is 12.1. The summed E-state index contributed by atoms with van der Waals surface area (Å²) in [6, 6.07) is 7.04. The largest absolute Gasteiger partial charge is 0.444 e. The summed E-state index contributed by atoms with van der Waals surface area (Å²) in [5.74, 6) is 0.550. The summed E-state index contributed by atoms with van der Waals surface area (Å²) >= 11 is 0. The van der Waals surface area contributed by atoms with Gasteiger partial charge in [-0.15, -0.1) is 24.0 Å². The van der Waals surface area contributed by atoms with Crippen LogP contribution in [0, 0.1) is 0 Å². The van der Waals surface area contributed by atoms with E-state index in [9.17, 15) is 18.0 Å². The number of ether oxygens (including phenoxy) is 2. The van der Waals surface area contributed by atoms with Crippen molar-refractivity contribution in [3.63, 3.8) is 0 Å². The van der Waals surface area contributed by atoms with Crippen molar-refractivity contribution in [2.75, 3.05) is 26.7 Å². The molecule has 0 heterocycles. The summed E-state index contributed by atoms with van der Waals surface area (Å²) in [6.45, 7) is 5.30. The van der Waals surface area contributed by atoms with Crippen LogP contribution in [-0.4, -0.2) is 50.6 Å². The molecule has 1 amide bonds. The molecule has 0 saturated heterocycles. The number of nitrogens with zero attached hydrogens (tertiary/aromatic N) is 1. The fraction of sp³-hybridized carbons (Fsp3) is 0.579. The van der Waals surface area contributed by atoms with Crippen molar-refractivity contribution in [3.8, 4) is 0 Å². The molecule has 0 spiro atoms. The Labute approximate surface area is 192 Å². The Bertz CT molecular complexity index is 662. The number of carbonyl (C=O) groups excluding carboxylic acids is 1. The molecule has 11 heteroatoms. The summed E-state index contributed by atoms with van der Waals surface area (Å²) in [5.41, 5.74) is 1.04. The molecule has 1 aromatic carbocycles. The number of benzene rings is 1. The molecule has 1 rings (SSSR count). The molecule has 1 aromatic rings. The maximum absolute atomic E-state index is 12.1. The minimum Gasteiger partial charge on any atom is -0.444 e. The van der Waals surface area contributed by atoms with Gasteiger partial charge in [0.2, 0.25) is 0 Å². The van der Waals surface area contributed by atoms with Gasteiger partial charge in [-0.05, 0) is 31.9 Å². The van der Waals surface area contributed by atoms with E-state index >= 15 is 0 Å². The summed E-state index contributed by atoms with van der Waals surface area (Å²) in [4.78, 5) is 15.6. The topological polar surface area (TPSA) is 84.0 Å². The number of alkyl halides is 3. The van der Waals surface area contributed by atoms with E-state index in [4.69, 9.17) is 4.74 Å². The quantitative estimate of drug-likeness (QED) is 0.201. The second-order valence-corrected chi connectivity index (χ2v) is 7.21. The van der Waals surface area contributed by atoms with Gasteiger partial charge in [0.15, 0.2) is 5.96 Å². The highest BCUT2D eigenvalue weighted by molar-refractivity contribution is 14.0. The molecule has 0 unspecified atom stereocenters. The van der Waals surface area contributed by atoms with E-state index in [1.54, 1.807) is 52.1 Å². The first-order valence-electron chi connectivity index (χ1n) is 9.12. The Morgan fingerprint density at radius 3 is 2.10 bits per heavy atom. The highest BCUT2D eigenvalue weighted by Crippen LogP contribution is 2.15. The minimum absolute atomic E-state index is 0. The van der Waals surface area contributed by atoms with Crippen LogP contribution >= 0.6 is 24.0 Å². The number of guanidine groups is 1. The van der Waals surface area contributed by atoms with E-state index in [0.29, 0.717) is 31.2 Å². The van der Waals surface area contributed by atoms with Crippen LogP contribution in [0.4, 0.5) is 18.0 Å². The van der Waals surface area contributed by atoms with Crippen molar-refractivity contribution in [1.29, 1.82) is 0 Å². The van der Waals surface area contributed by atoms with Crippen molar-refractivity contribution >= 4 is 36.0 Å². The second-order valence-electron chi connectivity index (χ2n) is 7.21. The van der Waals surface area contributed by atoms with Gasteiger partial charge in [-0.3, -0.25) is 4.99 Å². The Morgan fingerprint density at radius 1 is 1.00 bits per heavy atom. The van der Waals surface area contributed by atoms with E-state index in [1.807, 2.05) is 0 Å². The molecule has 0 aliphatic rings. The van der Waals surface area contributed by atoms with Crippen molar-refractivity contribution in [2.45, 2.75) is 45.7 Å². The first-order valence-corrected chi connectivity index (χ1v) is 9.12. The van der Waals surface area contributed by atoms with Crippen molar-refractivity contribution in [2.24, 2.45) is 4.99 Å². The number of amides is 1. The molecule has 0 atom stereocenters. The Morgan fingerprint density at radius 2 is 1.57 bits per heavy atom. The lowest BCUT2D eigenvalue weighted by Gasteiger charge is -2.20. The highest BCUT2D eigenvalue weighted by atomic mass is 127. The SMILES string of the molecule is CN=C(NCCNC(=O)OC(C)(C)C)NCc1ccc(COCC(F)(F)F)cc1.I. The third-order valence-electron chi connectivity index (χ3n) is 3.33. The van der Waals surface area contributed by atoms with Gasteiger partial charge >= 0.3 is 12.3 Å². The molecule has 0 aliphatic carbocycles. The third-order valence-corrected chi connectivity index (χ3v) is 3.33. The Balaban J connectivity index is 0.00000841. The van der Waals surface area contributed by atoms with E-state index in [2.05, 4.69) is 25.7 Å². The van der Waals surface area contributed by atoms with Crippen LogP contribution in [-0.2, 0) is 22.6 Å². The first kappa shape index (κ1) is 28.2. The third kappa shape index (κ3) is 14.3. The van der Waals surface area contributed by atoms with Gasteiger partial charge in [0, 0.05) is 26.7 Å². The fourth-order valence-electron chi connectivity index (χ4n) is 2.10. The molecule has 0 saturated carbocycles. The number of carbonyl (C=O) groups is 1. The molecular formula is C19H30F3IN4O3. The van der Waals surface area contributed by atoms with Gasteiger partial charge in [0.25, 0.3) is 0 Å². The minimum atomic E-state index is -4.32. The molecule has 30 heavy (non-hydrogen) atoms. The lowest BCUT2D eigenvalue weighted by Crippen LogP contribution is -2.42. The average Bonchev–Trinajstić information content (AvgIpc) is 2.59. The molecule has 7 nitrogen and oxygen atoms in total. The number of nitrogens with one attached hydrogen (secondary N) is 3. The van der Waals surface area contributed by atoms with E-state index in [0.717, 1.165) is 5.56 Å². The molecule has 0 fully saturated rings. The molecule has 0 bridgehead atoms. The Hall–Kier alpha value is -1.76. The number of alkyl carbamates (subject to hydrolysis) is 1. The van der Waals surface area contributed by atoms with Gasteiger partial charge in [0.1, 0.15) is 12.2 Å². The summed E-state index contributed by atoms with van der Waals surface area (Å²) in [7, 11) is 1.62. The molecule has 172 valence electrons. The smallest absolute Gasteiger partial charge is 0.411 e. The van der Waals surface area contributed by atoms with Crippen LogP contribution in [0.25, 0.3) is 0 Å². The van der Waals surface area contributed by atoms with Gasteiger partial charge in [-0.2, -0.15) is 13.2 Å². The van der Waals surface area contributed by atoms with Crippen LogP contribution in [0.5, 0.6) is 0 Å². The van der Waals surface area contributed by atoms with Crippen molar-refractivity contribution in [3.05, 3.63) is 35.4 Å². The van der Waals surface area contributed by atoms with Gasteiger partial charge in [-0.25, -0.2) is 4.79 Å². The van der Waals surface area contributed by atoms with Gasteiger partial charge in [-0.1, -0.05) is 24.3 Å². The van der Waals surface area contributed by atoms with E-state index in [-0.39, 0.29) is 30.6 Å². The van der Waals surface area contributed by atoms with Crippen LogP contribution in [0.3, 0.4) is 0 Å². The monoisotopic (exact) mass is 546 g/mol. The predicted octanol–water partition coefficient (Wildman–Crippen LogP) is 3.57. The molecule has 3 N–H and O–H groups in total. The Kier molecular flexibility index (Phi) is 12.7. The number of hydrogen-bond donors (Lipinski definition) is 3. The van der Waals surface area contributed by atoms with Crippen LogP contribution in [0.2, 0.25) is 0 Å². The molecule has 0 aromatic heterocycles. The summed E-state index contributed by atoms with van der Waals surface area (Å²) in [5, 5.41) is 8.80. The number of aliphatic imine (C=N–C) groups is 1. The summed E-state index contributed by atoms with van der Waals surface area (Å²) < 4.78 is 46.0. The normalized spacial score (nSPS) is 12.0. The molecule has 0 aliphatic heterocycles. The zero-order valence-corrected chi connectivity index (χ0v) is 19.9. The average molecular weight is 546 g/mol. The molecular weight excluding hydrogens is 516 g/mol. The zero-order chi connectivity index (χ0) is 21.9. The lowest BCUT2D eigenvalue weighted by atomic mass is 10.1. The standard InChI is InChI=1S/C19H29F3N4O3.HI/c1-18(2,3)29-17(27)25-10-9-24-16(23-4)26-11-14-5-7-15(8-6-14)12-28-13-19(20,21)22;/h5-8H,9-13H2,1-4H3,(H,25,27)(H2,23,24,26);1H. The van der Waals surface area contributed by atoms with Crippen LogP contribution < -0.4 is 16.0 Å². The van der Waals surface area contributed by atoms with Gasteiger partial charge in [0.05, 0.1) is 6.61 Å². The maximum Gasteiger partial charge on any atom is 0.411 e. The van der Waals surface area contributed by atoms with E-state index in [1.165, 1.54) is 0 Å². The fourth-order valence-corrected chi connectivity index (χ4v) is 2.10. The second kappa shape index (κ2) is 13.5. The van der Waals surface area contributed by atoms with Crippen molar-refractivity contribution in [1.82, 2.24) is 16.0 Å². The first-order chi connectivity index (χ1) is 13.5. The number of rotatable bonds is 8. The summed E-state index contributed by atoms with van der Waals surface area (Å²) in [6.07, 6.45) is -4.81. The predicted molar refractivity (Wildman–Crippen MR) is 120 cm³/mol. The molecule has 0 radical (unpaired) electrons. The van der Waals surface area contributed by atoms with Crippen LogP contribution in [0.15, 0.2) is 29.3 Å². The lowest BCUT2D eigenvalue weighted by molar-refractivity contribution is -0.176. The number of hydrogen-bond acceptors (Lipinski definition) is 4. The van der Waals surface area contributed by atoms with E-state index < -0.39 is 24.5 Å². The highest BCUT2D eigenvalue weighted by Gasteiger charge is 2.27. The number of halogens is 4. The van der Waals surface area contributed by atoms with Gasteiger partial charge < -0.3 is 25.4 Å². The van der Waals surface area contributed by atoms with Crippen molar-refractivity contribution < 1.29 is 27.4 Å². The van der Waals surface area contributed by atoms with Crippen LogP contribution in [0.1, 0.15) is 31.9 Å².